The van der Waals surface area contributed by atoms with E-state index in [0.29, 0.717) is 83.2 Å². The second-order valence-corrected chi connectivity index (χ2v) is 27.8. The molecule has 2 N–H and O–H groups in total. The zero-order valence-corrected chi connectivity index (χ0v) is 53.2. The van der Waals surface area contributed by atoms with Gasteiger partial charge in [-0.3, -0.25) is 18.2 Å². The Labute approximate surface area is 489 Å². The molecule has 3 aliphatic heterocycles. The summed E-state index contributed by atoms with van der Waals surface area (Å²) in [5.74, 6) is 0.653. The summed E-state index contributed by atoms with van der Waals surface area (Å²) in [5, 5.41) is 6.30. The van der Waals surface area contributed by atoms with Gasteiger partial charge in [-0.25, -0.2) is 26.8 Å². The number of carbonyl (C=O) groups is 2. The number of sulfonamides is 2. The van der Waals surface area contributed by atoms with Gasteiger partial charge >= 0.3 is 21.1 Å². The fraction of sp³-hybridized carbons (Fsp3) is 0.481. The van der Waals surface area contributed by atoms with E-state index in [4.69, 9.17) is 46.2 Å². The Morgan fingerprint density at radius 2 is 0.890 bits per heavy atom. The number of hydrogen-bond donors (Lipinski definition) is 2. The van der Waals surface area contributed by atoms with Crippen molar-refractivity contribution in [3.05, 3.63) is 76.5 Å². The number of amides is 2. The number of halogens is 1. The van der Waals surface area contributed by atoms with E-state index in [-0.39, 0.29) is 39.8 Å². The molecule has 0 unspecified atom stereocenters. The Morgan fingerprint density at radius 3 is 1.24 bits per heavy atom. The number of methoxy groups -OCH3 is 2. The molecule has 6 aromatic rings. The van der Waals surface area contributed by atoms with E-state index < -0.39 is 52.4 Å². The van der Waals surface area contributed by atoms with Crippen LogP contribution in [0.3, 0.4) is 0 Å². The number of rotatable bonds is 12. The third kappa shape index (κ3) is 12.4. The molecule has 0 bridgehead atoms. The van der Waals surface area contributed by atoms with Gasteiger partial charge < -0.3 is 56.9 Å². The number of fused-ring (bicyclic) bond motifs is 2. The minimum Gasteiger partial charge on any atom is -0.481 e. The smallest absolute Gasteiger partial charge is 0.481 e. The monoisotopic (exact) mass is 1240 g/mol. The molecule has 82 heavy (non-hydrogen) atoms. The summed E-state index contributed by atoms with van der Waals surface area (Å²) in [7, 11) is -0.0161. The summed E-state index contributed by atoms with van der Waals surface area (Å²) >= 11 is 3.39. The third-order valence-corrected chi connectivity index (χ3v) is 18.9. The van der Waals surface area contributed by atoms with Crippen molar-refractivity contribution in [3.63, 3.8) is 0 Å². The maximum atomic E-state index is 13.1. The largest absolute Gasteiger partial charge is 0.497 e. The first-order chi connectivity index (χ1) is 37.7. The Hall–Kier alpha value is -5.71. The van der Waals surface area contributed by atoms with Crippen LogP contribution in [0.15, 0.2) is 74.2 Å². The fourth-order valence-electron chi connectivity index (χ4n) is 8.72. The molecule has 0 atom stereocenters. The van der Waals surface area contributed by atoms with Crippen molar-refractivity contribution in [1.29, 1.82) is 0 Å². The van der Waals surface area contributed by atoms with E-state index in [9.17, 15) is 26.4 Å². The van der Waals surface area contributed by atoms with Crippen LogP contribution in [-0.4, -0.2) is 148 Å². The molecule has 0 spiro atoms. The average molecular weight is 1240 g/mol. The van der Waals surface area contributed by atoms with Crippen molar-refractivity contribution in [1.82, 2.24) is 20.6 Å². The van der Waals surface area contributed by atoms with Crippen LogP contribution in [0.25, 0.3) is 44.6 Å². The number of carbonyl (C=O) groups excluding carboxylic acids is 2. The molecule has 2 aromatic carbocycles. The Morgan fingerprint density at radius 1 is 0.549 bits per heavy atom. The lowest BCUT2D eigenvalue weighted by atomic mass is 9.49. The highest BCUT2D eigenvalue weighted by molar-refractivity contribution is 9.10. The highest BCUT2D eigenvalue weighted by atomic mass is 79.9. The van der Waals surface area contributed by atoms with Crippen LogP contribution in [0.4, 0.5) is 11.4 Å². The van der Waals surface area contributed by atoms with Gasteiger partial charge in [0, 0.05) is 96.7 Å². The number of nitrogens with one attached hydrogen (secondary N) is 2. The molecule has 3 aliphatic rings. The highest BCUT2D eigenvalue weighted by Gasteiger charge is 2.64. The van der Waals surface area contributed by atoms with Crippen LogP contribution in [0, 0.1) is 0 Å². The second-order valence-electron chi connectivity index (χ2n) is 22.9. The van der Waals surface area contributed by atoms with Gasteiger partial charge in [0.15, 0.2) is 0 Å². The maximum absolute atomic E-state index is 13.1. The Balaban J connectivity index is 0.000000187. The Kier molecular flexibility index (Phi) is 17.7. The summed E-state index contributed by atoms with van der Waals surface area (Å²) < 4.78 is 111. The number of benzene rings is 2. The van der Waals surface area contributed by atoms with Crippen molar-refractivity contribution in [3.8, 4) is 34.4 Å². The van der Waals surface area contributed by atoms with Crippen molar-refractivity contribution < 1.29 is 72.7 Å². The number of hydrogen-bond acceptors (Lipinski definition) is 18. The quantitative estimate of drug-likeness (QED) is 0.111. The summed E-state index contributed by atoms with van der Waals surface area (Å²) in [6.45, 7) is 23.9. The topological polar surface area (TPSA) is 259 Å². The molecule has 4 aromatic heterocycles. The minimum absolute atomic E-state index is 0.284. The molecular weight excluding hydrogens is 1170 g/mol. The molecule has 442 valence electrons. The van der Waals surface area contributed by atoms with Crippen molar-refractivity contribution in [2.75, 3.05) is 63.5 Å². The molecular formula is C54H72B3BrN6O16S2. The molecule has 28 heteroatoms. The third-order valence-electron chi connectivity index (χ3n) is 15.9. The molecule has 0 aliphatic carbocycles. The van der Waals surface area contributed by atoms with E-state index in [1.54, 1.807) is 60.9 Å². The van der Waals surface area contributed by atoms with Crippen LogP contribution in [0.5, 0.6) is 11.8 Å². The molecule has 0 radical (unpaired) electrons. The molecule has 7 heterocycles. The zero-order chi connectivity index (χ0) is 61.2. The van der Waals surface area contributed by atoms with E-state index >= 15 is 0 Å². The predicted octanol–water partition coefficient (Wildman–Crippen LogP) is 7.83. The summed E-state index contributed by atoms with van der Waals surface area (Å²) in [6.07, 6.45) is 5.32. The predicted molar refractivity (Wildman–Crippen MR) is 321 cm³/mol. The Bertz CT molecular complexity index is 3580. The number of ether oxygens (including phenoxy) is 2. The van der Waals surface area contributed by atoms with Crippen molar-refractivity contribution >= 4 is 108 Å². The molecule has 3 saturated heterocycles. The lowest BCUT2D eigenvalue weighted by Gasteiger charge is -2.32. The zero-order valence-electron chi connectivity index (χ0n) is 50.0. The van der Waals surface area contributed by atoms with E-state index in [1.165, 1.54) is 42.4 Å². The van der Waals surface area contributed by atoms with Gasteiger partial charge in [0.1, 0.15) is 22.7 Å². The van der Waals surface area contributed by atoms with Gasteiger partial charge in [-0.2, -0.15) is 0 Å². The van der Waals surface area contributed by atoms with Crippen LogP contribution in [0.2, 0.25) is 0 Å². The van der Waals surface area contributed by atoms with Crippen molar-refractivity contribution in [2.45, 2.75) is 117 Å². The van der Waals surface area contributed by atoms with Gasteiger partial charge in [0.25, 0.3) is 11.8 Å². The van der Waals surface area contributed by atoms with Gasteiger partial charge in [-0.15, -0.1) is 0 Å². The number of anilines is 2. The van der Waals surface area contributed by atoms with Gasteiger partial charge in [-0.05, 0) is 123 Å². The first-order valence-electron chi connectivity index (χ1n) is 26.0. The van der Waals surface area contributed by atoms with Crippen LogP contribution < -0.4 is 34.2 Å². The molecule has 0 saturated carbocycles. The number of furan rings is 2. The molecule has 3 fully saturated rings. The number of pyridine rings is 2. The lowest BCUT2D eigenvalue weighted by Crippen LogP contribution is -2.41. The minimum atomic E-state index is -3.64. The molecule has 9 rings (SSSR count). The molecule has 22 nitrogen and oxygen atoms in total. The van der Waals surface area contributed by atoms with E-state index in [0.717, 1.165) is 21.1 Å². The second kappa shape index (κ2) is 22.7. The fourth-order valence-corrected chi connectivity index (χ4v) is 10.5. The summed E-state index contributed by atoms with van der Waals surface area (Å²) in [4.78, 5) is 33.8. The lowest BCUT2D eigenvalue weighted by molar-refractivity contribution is 0.00578. The maximum Gasteiger partial charge on any atom is 0.497 e. The van der Waals surface area contributed by atoms with Gasteiger partial charge in [0.05, 0.1) is 82.8 Å². The standard InChI is InChI=1S/C24H30BN3O7S.C18H18BrN3O5S.C12H24B2O4/c1-23(2)24(3,4)35-25(34-23)16-12-15-18(13-17(16)28(6)36(8,30)31)33-21(20(15)22(29)26-5)14-9-10-27-19(11-14)32-7;1-20-18(23)16-11-8-12(19)13(22(2)28(4,24)25)9-14(11)27-17(16)10-5-6-21-15(7-10)26-3;1-9(2)10(3,4)16-13(15-9)14-17-11(5,6)12(7,8)18-14/h9-13H,1-8H3,(H,26,29);5-9H,1-4H3,(H,20,23);1-8H3. The van der Waals surface area contributed by atoms with Crippen LogP contribution >= 0.6 is 15.9 Å². The average Bonchev–Trinajstić information content (AvgIpc) is 4.20. The summed E-state index contributed by atoms with van der Waals surface area (Å²) in [5.41, 5.74) is 0.909. The number of aromatic nitrogens is 2. The van der Waals surface area contributed by atoms with Gasteiger partial charge in [0.2, 0.25) is 31.8 Å². The summed E-state index contributed by atoms with van der Waals surface area (Å²) in [6, 6.07) is 13.2. The van der Waals surface area contributed by atoms with Crippen LogP contribution in [0.1, 0.15) is 104 Å². The number of nitrogens with zero attached hydrogens (tertiary/aromatic N) is 4. The molecule has 2 amide bonds. The van der Waals surface area contributed by atoms with Crippen LogP contribution in [-0.2, 0) is 48.0 Å². The highest BCUT2D eigenvalue weighted by Crippen LogP contribution is 2.45. The first kappa shape index (κ1) is 63.9. The van der Waals surface area contributed by atoms with E-state index in [2.05, 4.69) is 36.5 Å². The van der Waals surface area contributed by atoms with Gasteiger partial charge in [-0.1, -0.05) is 0 Å². The first-order valence-corrected chi connectivity index (χ1v) is 30.5. The van der Waals surface area contributed by atoms with E-state index in [1.807, 2.05) is 83.1 Å². The van der Waals surface area contributed by atoms with Crippen molar-refractivity contribution in [2.24, 2.45) is 0 Å². The normalized spacial score (nSPS) is 18.3. The SMILES string of the molecule is CC1(C)OB(B2OC(C)(C)C(C)(C)O2)OC1(C)C.CNC(=O)c1c(-c2ccnc(OC)c2)oc2cc(N(C)S(C)(=O)=O)c(B3OC(C)(C)C(C)(C)O3)cc12.CNC(=O)c1c(-c2ccnc(OC)c2)oc2cc(N(C)S(C)(=O)=O)c(Br)cc12.